The maximum Gasteiger partial charge on any atom is 0.336 e. The number of carbonyl (C=O) groups excluding carboxylic acids is 2. The molecule has 2 aromatic carbocycles. The van der Waals surface area contributed by atoms with Crippen molar-refractivity contribution in [3.63, 3.8) is 0 Å². The van der Waals surface area contributed by atoms with E-state index in [1.54, 1.807) is 55.5 Å². The number of hydrogen-bond donors (Lipinski definition) is 1. The van der Waals surface area contributed by atoms with Crippen LogP contribution in [0.25, 0.3) is 11.0 Å². The maximum absolute atomic E-state index is 12.3. The maximum atomic E-state index is 12.3. The van der Waals surface area contributed by atoms with Gasteiger partial charge in [0.2, 0.25) is 0 Å². The fourth-order valence-corrected chi connectivity index (χ4v) is 2.43. The van der Waals surface area contributed by atoms with E-state index in [-0.39, 0.29) is 11.7 Å². The molecule has 0 spiro atoms. The first kappa shape index (κ1) is 17.4. The van der Waals surface area contributed by atoms with Crippen LogP contribution < -0.4 is 15.7 Å². The average molecular weight is 351 g/mol. The minimum absolute atomic E-state index is 0.0805. The van der Waals surface area contributed by atoms with Crippen molar-refractivity contribution in [1.29, 1.82) is 0 Å². The summed E-state index contributed by atoms with van der Waals surface area (Å²) in [5.41, 5.74) is 0.964. The summed E-state index contributed by atoms with van der Waals surface area (Å²) in [6, 6.07) is 14.7. The number of carbonyl (C=O) groups is 2. The highest BCUT2D eigenvalue weighted by Gasteiger charge is 2.16. The Hall–Kier alpha value is -3.41. The van der Waals surface area contributed by atoms with E-state index in [9.17, 15) is 14.4 Å². The normalized spacial score (nSPS) is 11.8. The quantitative estimate of drug-likeness (QED) is 0.562. The van der Waals surface area contributed by atoms with Crippen molar-refractivity contribution in [3.05, 3.63) is 70.6 Å². The lowest BCUT2D eigenvalue weighted by molar-refractivity contribution is -0.122. The molecule has 6 heteroatoms. The number of benzene rings is 2. The predicted molar refractivity (Wildman–Crippen MR) is 97.7 cm³/mol. The van der Waals surface area contributed by atoms with E-state index in [0.29, 0.717) is 22.6 Å². The van der Waals surface area contributed by atoms with Crippen molar-refractivity contribution >= 4 is 28.3 Å². The van der Waals surface area contributed by atoms with Crippen molar-refractivity contribution in [3.8, 4) is 5.75 Å². The Labute approximate surface area is 149 Å². The average Bonchev–Trinajstić information content (AvgIpc) is 2.61. The molecule has 3 aromatic rings. The molecule has 0 aliphatic rings. The smallest absolute Gasteiger partial charge is 0.336 e. The first-order valence-electron chi connectivity index (χ1n) is 8.05. The van der Waals surface area contributed by atoms with Crippen molar-refractivity contribution in [2.24, 2.45) is 0 Å². The number of hydrogen-bond acceptors (Lipinski definition) is 5. The van der Waals surface area contributed by atoms with Crippen LogP contribution in [-0.4, -0.2) is 17.8 Å². The second kappa shape index (κ2) is 7.23. The van der Waals surface area contributed by atoms with Gasteiger partial charge in [0.15, 0.2) is 11.9 Å². The zero-order chi connectivity index (χ0) is 18.7. The lowest BCUT2D eigenvalue weighted by Crippen LogP contribution is -2.30. The fourth-order valence-electron chi connectivity index (χ4n) is 2.43. The van der Waals surface area contributed by atoms with Gasteiger partial charge in [0, 0.05) is 28.8 Å². The number of rotatable bonds is 5. The SMILES string of the molecule is CC(=O)c1cccc(NC(=O)C(C)Oc2ccc3ccc(=O)oc3c2)c1. The fraction of sp³-hybridized carbons (Fsp3) is 0.150. The topological polar surface area (TPSA) is 85.6 Å². The summed E-state index contributed by atoms with van der Waals surface area (Å²) in [6.45, 7) is 3.07. The molecule has 1 atom stereocenters. The molecule has 1 N–H and O–H groups in total. The Bertz CT molecular complexity index is 1040. The van der Waals surface area contributed by atoms with Gasteiger partial charge < -0.3 is 14.5 Å². The van der Waals surface area contributed by atoms with Crippen LogP contribution >= 0.6 is 0 Å². The van der Waals surface area contributed by atoms with E-state index in [2.05, 4.69) is 5.32 Å². The summed E-state index contributed by atoms with van der Waals surface area (Å²) in [5.74, 6) is -0.0321. The van der Waals surface area contributed by atoms with Gasteiger partial charge in [0.1, 0.15) is 11.3 Å². The monoisotopic (exact) mass is 351 g/mol. The summed E-state index contributed by atoms with van der Waals surface area (Å²) in [6.07, 6.45) is -0.788. The lowest BCUT2D eigenvalue weighted by Gasteiger charge is -2.15. The van der Waals surface area contributed by atoms with Crippen molar-refractivity contribution in [1.82, 2.24) is 0 Å². The summed E-state index contributed by atoms with van der Waals surface area (Å²) in [4.78, 5) is 35.1. The molecule has 26 heavy (non-hydrogen) atoms. The summed E-state index contributed by atoms with van der Waals surface area (Å²) < 4.78 is 10.7. The molecule has 0 radical (unpaired) electrons. The van der Waals surface area contributed by atoms with Crippen LogP contribution in [-0.2, 0) is 4.79 Å². The van der Waals surface area contributed by atoms with Crippen LogP contribution in [0.4, 0.5) is 5.69 Å². The number of anilines is 1. The van der Waals surface area contributed by atoms with Crippen LogP contribution in [0.1, 0.15) is 24.2 Å². The number of ketones is 1. The van der Waals surface area contributed by atoms with Gasteiger partial charge >= 0.3 is 5.63 Å². The Morgan fingerprint density at radius 3 is 2.62 bits per heavy atom. The zero-order valence-corrected chi connectivity index (χ0v) is 14.3. The minimum atomic E-state index is -0.788. The molecule has 0 bridgehead atoms. The highest BCUT2D eigenvalue weighted by atomic mass is 16.5. The van der Waals surface area contributed by atoms with E-state index in [1.807, 2.05) is 0 Å². The Morgan fingerprint density at radius 1 is 1.08 bits per heavy atom. The molecule has 1 aromatic heterocycles. The van der Waals surface area contributed by atoms with Gasteiger partial charge in [-0.05, 0) is 44.2 Å². The molecule has 1 unspecified atom stereocenters. The third kappa shape index (κ3) is 3.97. The minimum Gasteiger partial charge on any atom is -0.481 e. The Morgan fingerprint density at radius 2 is 1.85 bits per heavy atom. The summed E-state index contributed by atoms with van der Waals surface area (Å²) in [5, 5.41) is 3.47. The van der Waals surface area contributed by atoms with Crippen molar-refractivity contribution in [2.45, 2.75) is 20.0 Å². The molecule has 0 saturated heterocycles. The van der Waals surface area contributed by atoms with Crippen LogP contribution in [0, 0.1) is 0 Å². The molecular weight excluding hydrogens is 334 g/mol. The molecule has 3 rings (SSSR count). The van der Waals surface area contributed by atoms with Gasteiger partial charge in [-0.25, -0.2) is 4.79 Å². The van der Waals surface area contributed by atoms with Gasteiger partial charge in [-0.2, -0.15) is 0 Å². The molecule has 0 aliphatic heterocycles. The Balaban J connectivity index is 1.72. The molecule has 1 amide bonds. The summed E-state index contributed by atoms with van der Waals surface area (Å²) in [7, 11) is 0. The molecule has 0 aliphatic carbocycles. The third-order valence-corrected chi connectivity index (χ3v) is 3.81. The van der Waals surface area contributed by atoms with Gasteiger partial charge in [0.25, 0.3) is 5.91 Å². The van der Waals surface area contributed by atoms with Crippen LogP contribution in [0.5, 0.6) is 5.75 Å². The molecule has 0 fully saturated rings. The van der Waals surface area contributed by atoms with Gasteiger partial charge in [0.05, 0.1) is 0 Å². The van der Waals surface area contributed by atoms with E-state index >= 15 is 0 Å². The third-order valence-electron chi connectivity index (χ3n) is 3.81. The van der Waals surface area contributed by atoms with Crippen molar-refractivity contribution < 1.29 is 18.7 Å². The zero-order valence-electron chi connectivity index (χ0n) is 14.3. The molecule has 132 valence electrons. The molecule has 1 heterocycles. The molecule has 6 nitrogen and oxygen atoms in total. The highest BCUT2D eigenvalue weighted by Crippen LogP contribution is 2.21. The van der Waals surface area contributed by atoms with E-state index < -0.39 is 11.7 Å². The predicted octanol–water partition coefficient (Wildman–Crippen LogP) is 3.40. The first-order valence-corrected chi connectivity index (χ1v) is 8.05. The summed E-state index contributed by atoms with van der Waals surface area (Å²) >= 11 is 0. The number of nitrogens with one attached hydrogen (secondary N) is 1. The first-order chi connectivity index (χ1) is 12.4. The largest absolute Gasteiger partial charge is 0.481 e. The van der Waals surface area contributed by atoms with Gasteiger partial charge in [-0.1, -0.05) is 12.1 Å². The van der Waals surface area contributed by atoms with E-state index in [0.717, 1.165) is 5.39 Å². The standard InChI is InChI=1S/C20H17NO5/c1-12(22)15-4-3-5-16(10-15)21-20(24)13(2)25-17-8-6-14-7-9-19(23)26-18(14)11-17/h3-11,13H,1-2H3,(H,21,24). The number of amides is 1. The van der Waals surface area contributed by atoms with Gasteiger partial charge in [-0.3, -0.25) is 9.59 Å². The van der Waals surface area contributed by atoms with Crippen LogP contribution in [0.3, 0.4) is 0 Å². The number of ether oxygens (including phenoxy) is 1. The van der Waals surface area contributed by atoms with Crippen LogP contribution in [0.2, 0.25) is 0 Å². The van der Waals surface area contributed by atoms with Crippen LogP contribution in [0.15, 0.2) is 63.8 Å². The highest BCUT2D eigenvalue weighted by molar-refractivity contribution is 5.98. The Kier molecular flexibility index (Phi) is 4.84. The van der Waals surface area contributed by atoms with Gasteiger partial charge in [-0.15, -0.1) is 0 Å². The number of fused-ring (bicyclic) bond motifs is 1. The van der Waals surface area contributed by atoms with E-state index in [4.69, 9.17) is 9.15 Å². The van der Waals surface area contributed by atoms with Crippen molar-refractivity contribution in [2.75, 3.05) is 5.32 Å². The molecular formula is C20H17NO5. The lowest BCUT2D eigenvalue weighted by atomic mass is 10.1. The van der Waals surface area contributed by atoms with E-state index in [1.165, 1.54) is 13.0 Å². The number of Topliss-reactive ketones (excluding diaryl/α,β-unsaturated/α-hetero) is 1. The second-order valence-corrected chi connectivity index (χ2v) is 5.84. The second-order valence-electron chi connectivity index (χ2n) is 5.84. The molecule has 0 saturated carbocycles.